The number of fused-ring (bicyclic) bond motifs is 1. The Bertz CT molecular complexity index is 944. The summed E-state index contributed by atoms with van der Waals surface area (Å²) in [6.07, 6.45) is 6.11. The highest BCUT2D eigenvalue weighted by molar-refractivity contribution is 6.03. The lowest BCUT2D eigenvalue weighted by Crippen LogP contribution is -2.13. The topological polar surface area (TPSA) is 68.0 Å². The van der Waals surface area contributed by atoms with Crippen LogP contribution in [-0.4, -0.2) is 16.1 Å². The van der Waals surface area contributed by atoms with Gasteiger partial charge < -0.3 is 4.42 Å². The summed E-state index contributed by atoms with van der Waals surface area (Å²) in [4.78, 5) is 12.5. The first kappa shape index (κ1) is 17.5. The van der Waals surface area contributed by atoms with Crippen molar-refractivity contribution in [2.75, 3.05) is 5.32 Å². The Morgan fingerprint density at radius 3 is 2.52 bits per heavy atom. The predicted octanol–water partition coefficient (Wildman–Crippen LogP) is 4.35. The number of nitrogens with one attached hydrogen (secondary N) is 1. The molecule has 0 bridgehead atoms. The number of amides is 1. The van der Waals surface area contributed by atoms with Gasteiger partial charge in [0.1, 0.15) is 0 Å². The quantitative estimate of drug-likeness (QED) is 0.733. The maximum absolute atomic E-state index is 12.5. The molecule has 4 rings (SSSR count). The standard InChI is InChI=1S/C22H23N3O2/c1-2-15-7-9-16(10-8-15)13-20-24-25-22(27-20)23-21(26)19-12-11-17-5-3-4-6-18(17)14-19/h7-12,14H,2-6,13H2,1H3,(H,23,25,26). The summed E-state index contributed by atoms with van der Waals surface area (Å²) in [5, 5.41) is 10.7. The first-order valence-corrected chi connectivity index (χ1v) is 9.54. The third-order valence-corrected chi connectivity index (χ3v) is 5.08. The number of benzene rings is 2. The molecule has 3 aromatic rings. The number of aryl methyl sites for hydroxylation is 3. The van der Waals surface area contributed by atoms with Gasteiger partial charge in [0.25, 0.3) is 5.91 Å². The van der Waals surface area contributed by atoms with Crippen molar-refractivity contribution in [3.8, 4) is 0 Å². The molecule has 1 N–H and O–H groups in total. The minimum absolute atomic E-state index is 0.137. The number of nitrogens with zero attached hydrogens (tertiary/aromatic N) is 2. The van der Waals surface area contributed by atoms with E-state index in [9.17, 15) is 4.79 Å². The van der Waals surface area contributed by atoms with Crippen LogP contribution in [0.5, 0.6) is 0 Å². The molecule has 1 amide bonds. The summed E-state index contributed by atoms with van der Waals surface area (Å²) in [6, 6.07) is 14.4. The van der Waals surface area contributed by atoms with Gasteiger partial charge in [-0.2, -0.15) is 0 Å². The van der Waals surface area contributed by atoms with Gasteiger partial charge in [-0.15, -0.1) is 5.10 Å². The Balaban J connectivity index is 1.41. The molecule has 1 aliphatic carbocycles. The van der Waals surface area contributed by atoms with Gasteiger partial charge in [0, 0.05) is 5.56 Å². The minimum Gasteiger partial charge on any atom is -0.407 e. The summed E-state index contributed by atoms with van der Waals surface area (Å²) in [7, 11) is 0. The summed E-state index contributed by atoms with van der Waals surface area (Å²) in [5.41, 5.74) is 5.65. The van der Waals surface area contributed by atoms with Gasteiger partial charge in [-0.3, -0.25) is 10.1 Å². The van der Waals surface area contributed by atoms with Gasteiger partial charge in [0.15, 0.2) is 0 Å². The van der Waals surface area contributed by atoms with Gasteiger partial charge >= 0.3 is 6.01 Å². The molecule has 0 radical (unpaired) electrons. The number of hydrogen-bond acceptors (Lipinski definition) is 4. The van der Waals surface area contributed by atoms with Crippen LogP contribution in [0.15, 0.2) is 46.9 Å². The zero-order valence-corrected chi connectivity index (χ0v) is 15.5. The minimum atomic E-state index is -0.217. The molecule has 0 aliphatic heterocycles. The summed E-state index contributed by atoms with van der Waals surface area (Å²) < 4.78 is 5.59. The first-order valence-electron chi connectivity index (χ1n) is 9.54. The third-order valence-electron chi connectivity index (χ3n) is 5.08. The van der Waals surface area contributed by atoms with Crippen LogP contribution in [0.3, 0.4) is 0 Å². The number of hydrogen-bond donors (Lipinski definition) is 1. The van der Waals surface area contributed by atoms with Crippen LogP contribution in [-0.2, 0) is 25.7 Å². The largest absolute Gasteiger partial charge is 0.407 e. The van der Waals surface area contributed by atoms with Crippen molar-refractivity contribution in [1.82, 2.24) is 10.2 Å². The molecule has 1 aromatic heterocycles. The summed E-state index contributed by atoms with van der Waals surface area (Å²) in [5.74, 6) is 0.269. The molecule has 0 saturated carbocycles. The Hall–Kier alpha value is -2.95. The van der Waals surface area contributed by atoms with E-state index in [1.807, 2.05) is 12.1 Å². The molecule has 5 nitrogen and oxygen atoms in total. The van der Waals surface area contributed by atoms with Crippen LogP contribution < -0.4 is 5.32 Å². The smallest absolute Gasteiger partial charge is 0.322 e. The lowest BCUT2D eigenvalue weighted by atomic mass is 9.90. The number of aromatic nitrogens is 2. The highest BCUT2D eigenvalue weighted by atomic mass is 16.4. The molecule has 0 unspecified atom stereocenters. The molecule has 2 aromatic carbocycles. The number of carbonyl (C=O) groups excluding carboxylic acids is 1. The van der Waals surface area contributed by atoms with E-state index in [-0.39, 0.29) is 11.9 Å². The van der Waals surface area contributed by atoms with E-state index in [2.05, 4.69) is 52.8 Å². The van der Waals surface area contributed by atoms with Crippen molar-refractivity contribution in [1.29, 1.82) is 0 Å². The average molecular weight is 361 g/mol. The summed E-state index contributed by atoms with van der Waals surface area (Å²) in [6.45, 7) is 2.13. The Morgan fingerprint density at radius 2 is 1.74 bits per heavy atom. The van der Waals surface area contributed by atoms with Crippen molar-refractivity contribution < 1.29 is 9.21 Å². The average Bonchev–Trinajstić information content (AvgIpc) is 3.15. The Kier molecular flexibility index (Phi) is 5.01. The highest BCUT2D eigenvalue weighted by Gasteiger charge is 2.15. The SMILES string of the molecule is CCc1ccc(Cc2nnc(NC(=O)c3ccc4c(c3)CCCC4)o2)cc1. The number of carbonyl (C=O) groups is 1. The molecular weight excluding hydrogens is 338 g/mol. The highest BCUT2D eigenvalue weighted by Crippen LogP contribution is 2.22. The van der Waals surface area contributed by atoms with Gasteiger partial charge in [0.2, 0.25) is 5.89 Å². The van der Waals surface area contributed by atoms with Gasteiger partial charge in [-0.05, 0) is 66.5 Å². The zero-order valence-electron chi connectivity index (χ0n) is 15.5. The van der Waals surface area contributed by atoms with Crippen LogP contribution in [0.25, 0.3) is 0 Å². The molecular formula is C22H23N3O2. The molecule has 138 valence electrons. The fourth-order valence-electron chi connectivity index (χ4n) is 3.49. The van der Waals surface area contributed by atoms with E-state index in [0.29, 0.717) is 17.9 Å². The third kappa shape index (κ3) is 4.08. The van der Waals surface area contributed by atoms with Crippen LogP contribution in [0.4, 0.5) is 6.01 Å². The van der Waals surface area contributed by atoms with Gasteiger partial charge in [-0.1, -0.05) is 42.4 Å². The van der Waals surface area contributed by atoms with E-state index in [0.717, 1.165) is 24.8 Å². The van der Waals surface area contributed by atoms with E-state index in [1.165, 1.54) is 29.5 Å². The van der Waals surface area contributed by atoms with Crippen molar-refractivity contribution in [3.63, 3.8) is 0 Å². The molecule has 0 spiro atoms. The van der Waals surface area contributed by atoms with E-state index >= 15 is 0 Å². The van der Waals surface area contributed by atoms with Crippen molar-refractivity contribution in [3.05, 3.63) is 76.2 Å². The Labute approximate surface area is 158 Å². The zero-order chi connectivity index (χ0) is 18.6. The molecule has 0 fully saturated rings. The van der Waals surface area contributed by atoms with E-state index < -0.39 is 0 Å². The molecule has 5 heteroatoms. The second-order valence-electron chi connectivity index (χ2n) is 6.99. The van der Waals surface area contributed by atoms with Gasteiger partial charge in [0.05, 0.1) is 6.42 Å². The fraction of sp³-hybridized carbons (Fsp3) is 0.318. The number of rotatable bonds is 5. The van der Waals surface area contributed by atoms with Crippen LogP contribution in [0.2, 0.25) is 0 Å². The second-order valence-corrected chi connectivity index (χ2v) is 6.99. The monoisotopic (exact) mass is 361 g/mol. The maximum atomic E-state index is 12.5. The van der Waals surface area contributed by atoms with Crippen LogP contribution >= 0.6 is 0 Å². The molecule has 1 aliphatic rings. The maximum Gasteiger partial charge on any atom is 0.322 e. The van der Waals surface area contributed by atoms with E-state index in [1.54, 1.807) is 0 Å². The van der Waals surface area contributed by atoms with Gasteiger partial charge in [-0.25, -0.2) is 0 Å². The van der Waals surface area contributed by atoms with Crippen LogP contribution in [0.1, 0.15) is 58.3 Å². The normalized spacial score (nSPS) is 13.2. The second kappa shape index (κ2) is 7.74. The Morgan fingerprint density at radius 1 is 1.00 bits per heavy atom. The fourth-order valence-corrected chi connectivity index (χ4v) is 3.49. The molecule has 27 heavy (non-hydrogen) atoms. The first-order chi connectivity index (χ1) is 13.2. The van der Waals surface area contributed by atoms with Crippen molar-refractivity contribution in [2.24, 2.45) is 0 Å². The molecule has 1 heterocycles. The van der Waals surface area contributed by atoms with Crippen LogP contribution in [0, 0.1) is 0 Å². The van der Waals surface area contributed by atoms with Crippen molar-refractivity contribution >= 4 is 11.9 Å². The summed E-state index contributed by atoms with van der Waals surface area (Å²) >= 11 is 0. The lowest BCUT2D eigenvalue weighted by Gasteiger charge is -2.16. The van der Waals surface area contributed by atoms with E-state index in [4.69, 9.17) is 4.42 Å². The number of anilines is 1. The van der Waals surface area contributed by atoms with Crippen molar-refractivity contribution in [2.45, 2.75) is 45.4 Å². The molecule has 0 atom stereocenters. The molecule has 0 saturated heterocycles. The lowest BCUT2D eigenvalue weighted by molar-refractivity contribution is 0.102. The predicted molar refractivity (Wildman–Crippen MR) is 104 cm³/mol.